The van der Waals surface area contributed by atoms with Gasteiger partial charge in [-0.1, -0.05) is 33.6 Å². The molecule has 18 heavy (non-hydrogen) atoms. The summed E-state index contributed by atoms with van der Waals surface area (Å²) >= 11 is 0. The van der Waals surface area contributed by atoms with E-state index in [1.807, 2.05) is 0 Å². The van der Waals surface area contributed by atoms with Crippen molar-refractivity contribution in [1.82, 2.24) is 5.32 Å². The predicted octanol–water partition coefficient (Wildman–Crippen LogP) is 3.13. The molecule has 1 rings (SSSR count). The minimum Gasteiger partial charge on any atom is -0.468 e. The van der Waals surface area contributed by atoms with E-state index in [4.69, 9.17) is 4.74 Å². The van der Waals surface area contributed by atoms with E-state index in [1.54, 1.807) is 0 Å². The van der Waals surface area contributed by atoms with Gasteiger partial charge in [0.05, 0.1) is 7.11 Å². The van der Waals surface area contributed by atoms with E-state index < -0.39 is 5.54 Å². The molecule has 106 valence electrons. The Hall–Kier alpha value is -0.570. The van der Waals surface area contributed by atoms with Crippen molar-refractivity contribution in [2.75, 3.05) is 13.7 Å². The minimum absolute atomic E-state index is 0.0712. The molecule has 1 saturated carbocycles. The maximum atomic E-state index is 12.1. The first-order valence-corrected chi connectivity index (χ1v) is 7.37. The molecule has 0 aromatic carbocycles. The predicted molar refractivity (Wildman–Crippen MR) is 74.5 cm³/mol. The first-order valence-electron chi connectivity index (χ1n) is 7.37. The van der Waals surface area contributed by atoms with Gasteiger partial charge >= 0.3 is 5.97 Å². The average Bonchev–Trinajstić information content (AvgIpc) is 2.37. The van der Waals surface area contributed by atoms with Crippen molar-refractivity contribution in [1.29, 1.82) is 0 Å². The van der Waals surface area contributed by atoms with Crippen LogP contribution in [0.25, 0.3) is 0 Å². The number of hydrogen-bond acceptors (Lipinski definition) is 3. The average molecular weight is 255 g/mol. The van der Waals surface area contributed by atoms with Crippen LogP contribution < -0.4 is 5.32 Å². The minimum atomic E-state index is -0.413. The molecule has 1 aliphatic carbocycles. The van der Waals surface area contributed by atoms with Crippen LogP contribution in [0.1, 0.15) is 59.3 Å². The van der Waals surface area contributed by atoms with Crippen LogP contribution in [-0.4, -0.2) is 25.2 Å². The highest BCUT2D eigenvalue weighted by Gasteiger charge is 2.42. The van der Waals surface area contributed by atoms with Crippen LogP contribution in [-0.2, 0) is 9.53 Å². The summed E-state index contributed by atoms with van der Waals surface area (Å²) in [6, 6.07) is 0. The van der Waals surface area contributed by atoms with Gasteiger partial charge in [-0.3, -0.25) is 4.79 Å². The zero-order valence-corrected chi connectivity index (χ0v) is 12.4. The van der Waals surface area contributed by atoms with Gasteiger partial charge in [0.15, 0.2) is 0 Å². The molecule has 1 fully saturated rings. The van der Waals surface area contributed by atoms with Crippen LogP contribution in [0.2, 0.25) is 0 Å². The summed E-state index contributed by atoms with van der Waals surface area (Å²) in [6.07, 6.45) is 6.69. The van der Waals surface area contributed by atoms with Crippen molar-refractivity contribution in [2.24, 2.45) is 11.8 Å². The molecule has 0 bridgehead atoms. The van der Waals surface area contributed by atoms with E-state index in [0.717, 1.165) is 38.1 Å². The van der Waals surface area contributed by atoms with E-state index >= 15 is 0 Å². The van der Waals surface area contributed by atoms with Gasteiger partial charge in [-0.25, -0.2) is 0 Å². The fraction of sp³-hybridized carbons (Fsp3) is 0.933. The summed E-state index contributed by atoms with van der Waals surface area (Å²) in [7, 11) is 1.50. The van der Waals surface area contributed by atoms with Gasteiger partial charge in [-0.2, -0.15) is 0 Å². The third-order valence-corrected chi connectivity index (χ3v) is 4.08. The van der Waals surface area contributed by atoms with Gasteiger partial charge in [0, 0.05) is 0 Å². The Morgan fingerprint density at radius 3 is 2.44 bits per heavy atom. The fourth-order valence-corrected chi connectivity index (χ4v) is 2.92. The SMILES string of the molecule is CCCC1CCC(NCC(C)C)(C(=O)OC)CC1. The van der Waals surface area contributed by atoms with Gasteiger partial charge in [0.1, 0.15) is 5.54 Å². The normalized spacial score (nSPS) is 28.4. The summed E-state index contributed by atoms with van der Waals surface area (Å²) in [4.78, 5) is 12.1. The molecule has 0 aromatic heterocycles. The molecule has 0 spiro atoms. The summed E-state index contributed by atoms with van der Waals surface area (Å²) < 4.78 is 5.02. The number of ether oxygens (including phenoxy) is 1. The highest BCUT2D eigenvalue weighted by Crippen LogP contribution is 2.35. The van der Waals surface area contributed by atoms with E-state index in [2.05, 4.69) is 26.1 Å². The maximum absolute atomic E-state index is 12.1. The van der Waals surface area contributed by atoms with Gasteiger partial charge in [0.2, 0.25) is 0 Å². The van der Waals surface area contributed by atoms with E-state index in [0.29, 0.717) is 5.92 Å². The maximum Gasteiger partial charge on any atom is 0.326 e. The first-order chi connectivity index (χ1) is 8.54. The second kappa shape index (κ2) is 7.13. The Morgan fingerprint density at radius 2 is 2.00 bits per heavy atom. The first kappa shape index (κ1) is 15.5. The lowest BCUT2D eigenvalue weighted by Gasteiger charge is -2.39. The van der Waals surface area contributed by atoms with E-state index in [1.165, 1.54) is 20.0 Å². The van der Waals surface area contributed by atoms with Gasteiger partial charge < -0.3 is 10.1 Å². The van der Waals surface area contributed by atoms with Crippen LogP contribution in [0.15, 0.2) is 0 Å². The summed E-state index contributed by atoms with van der Waals surface area (Å²) in [5, 5.41) is 3.47. The number of nitrogens with one attached hydrogen (secondary N) is 1. The Labute approximate surface area is 112 Å². The lowest BCUT2D eigenvalue weighted by atomic mass is 9.75. The standard InChI is InChI=1S/C15H29NO2/c1-5-6-13-7-9-15(10-8-13,14(17)18-4)16-11-12(2)3/h12-13,16H,5-11H2,1-4H3. The van der Waals surface area contributed by atoms with Crippen molar-refractivity contribution >= 4 is 5.97 Å². The quantitative estimate of drug-likeness (QED) is 0.741. The third-order valence-electron chi connectivity index (χ3n) is 4.08. The van der Waals surface area contributed by atoms with Crippen molar-refractivity contribution < 1.29 is 9.53 Å². The Morgan fingerprint density at radius 1 is 1.39 bits per heavy atom. The zero-order chi connectivity index (χ0) is 13.6. The third kappa shape index (κ3) is 3.98. The number of carbonyl (C=O) groups excluding carboxylic acids is 1. The molecular weight excluding hydrogens is 226 g/mol. The van der Waals surface area contributed by atoms with Crippen LogP contribution in [0, 0.1) is 11.8 Å². The molecule has 0 saturated heterocycles. The molecule has 0 atom stereocenters. The molecule has 1 N–H and O–H groups in total. The number of rotatable bonds is 6. The second-order valence-corrected chi connectivity index (χ2v) is 6.08. The molecule has 0 radical (unpaired) electrons. The topological polar surface area (TPSA) is 38.3 Å². The fourth-order valence-electron chi connectivity index (χ4n) is 2.92. The molecule has 1 aliphatic rings. The van der Waals surface area contributed by atoms with E-state index in [-0.39, 0.29) is 5.97 Å². The van der Waals surface area contributed by atoms with Crippen molar-refractivity contribution in [3.05, 3.63) is 0 Å². The van der Waals surface area contributed by atoms with Crippen molar-refractivity contribution in [3.8, 4) is 0 Å². The molecule has 0 heterocycles. The van der Waals surface area contributed by atoms with Crippen molar-refractivity contribution in [2.45, 2.75) is 64.8 Å². The lowest BCUT2D eigenvalue weighted by Crippen LogP contribution is -2.55. The second-order valence-electron chi connectivity index (χ2n) is 6.08. The van der Waals surface area contributed by atoms with Crippen molar-refractivity contribution in [3.63, 3.8) is 0 Å². The van der Waals surface area contributed by atoms with Gasteiger partial charge in [-0.05, 0) is 44.1 Å². The smallest absolute Gasteiger partial charge is 0.326 e. The Bertz CT molecular complexity index is 255. The molecule has 3 nitrogen and oxygen atoms in total. The summed E-state index contributed by atoms with van der Waals surface area (Å²) in [6.45, 7) is 7.45. The highest BCUT2D eigenvalue weighted by molar-refractivity contribution is 5.80. The number of methoxy groups -OCH3 is 1. The largest absolute Gasteiger partial charge is 0.468 e. The number of carbonyl (C=O) groups is 1. The Kier molecular flexibility index (Phi) is 6.13. The van der Waals surface area contributed by atoms with Crippen LogP contribution >= 0.6 is 0 Å². The number of hydrogen-bond donors (Lipinski definition) is 1. The molecule has 0 unspecified atom stereocenters. The monoisotopic (exact) mass is 255 g/mol. The molecule has 0 aromatic rings. The van der Waals surface area contributed by atoms with Crippen LogP contribution in [0.5, 0.6) is 0 Å². The number of esters is 1. The lowest BCUT2D eigenvalue weighted by molar-refractivity contribution is -0.150. The molecule has 0 amide bonds. The molecule has 3 heteroatoms. The van der Waals surface area contributed by atoms with Crippen LogP contribution in [0.3, 0.4) is 0 Å². The molecular formula is C15H29NO2. The van der Waals surface area contributed by atoms with Crippen LogP contribution in [0.4, 0.5) is 0 Å². The zero-order valence-electron chi connectivity index (χ0n) is 12.4. The molecule has 0 aliphatic heterocycles. The Balaban J connectivity index is 2.61. The highest BCUT2D eigenvalue weighted by atomic mass is 16.5. The summed E-state index contributed by atoms with van der Waals surface area (Å²) in [5.41, 5.74) is -0.413. The van der Waals surface area contributed by atoms with E-state index in [9.17, 15) is 4.79 Å². The van der Waals surface area contributed by atoms with Gasteiger partial charge in [0.25, 0.3) is 0 Å². The van der Waals surface area contributed by atoms with Gasteiger partial charge in [-0.15, -0.1) is 0 Å². The summed E-state index contributed by atoms with van der Waals surface area (Å²) in [5.74, 6) is 1.28.